The SMILES string of the molecule is COC(=O)[C@@H]1[C@@](C)(O)[C@@H](O)C[C@H]2[C@@]1(C)CC[C@H]1C(C)(C)CCC[C@]21C. The summed E-state index contributed by atoms with van der Waals surface area (Å²) >= 11 is 0. The Hall–Kier alpha value is -0.610. The predicted molar refractivity (Wildman–Crippen MR) is 96.8 cm³/mol. The molecular weight excluding hydrogens is 316 g/mol. The summed E-state index contributed by atoms with van der Waals surface area (Å²) in [7, 11) is 1.38. The van der Waals surface area contributed by atoms with E-state index >= 15 is 0 Å². The summed E-state index contributed by atoms with van der Waals surface area (Å²) in [5.74, 6) is -0.243. The van der Waals surface area contributed by atoms with Crippen LogP contribution in [0.4, 0.5) is 0 Å². The first-order valence-corrected chi connectivity index (χ1v) is 9.89. The number of rotatable bonds is 1. The van der Waals surface area contributed by atoms with E-state index in [4.69, 9.17) is 4.74 Å². The summed E-state index contributed by atoms with van der Waals surface area (Å²) in [6.45, 7) is 10.9. The van der Waals surface area contributed by atoms with Crippen molar-refractivity contribution in [3.63, 3.8) is 0 Å². The molecule has 3 rings (SSSR count). The molecule has 3 fully saturated rings. The monoisotopic (exact) mass is 352 g/mol. The third kappa shape index (κ3) is 2.50. The van der Waals surface area contributed by atoms with Crippen LogP contribution in [0.25, 0.3) is 0 Å². The highest BCUT2D eigenvalue weighted by Gasteiger charge is 2.68. The third-order valence-corrected chi connectivity index (χ3v) is 8.65. The summed E-state index contributed by atoms with van der Waals surface area (Å²) in [6, 6.07) is 0. The van der Waals surface area contributed by atoms with Crippen LogP contribution in [0, 0.1) is 34.0 Å². The van der Waals surface area contributed by atoms with Crippen LogP contribution in [0.2, 0.25) is 0 Å². The molecule has 0 aromatic heterocycles. The minimum absolute atomic E-state index is 0.0957. The van der Waals surface area contributed by atoms with Crippen molar-refractivity contribution >= 4 is 5.97 Å². The molecule has 0 saturated heterocycles. The Balaban J connectivity index is 2.09. The normalized spacial score (nSPS) is 52.0. The van der Waals surface area contributed by atoms with Crippen LogP contribution < -0.4 is 0 Å². The van der Waals surface area contributed by atoms with Gasteiger partial charge in [0.2, 0.25) is 0 Å². The molecule has 4 heteroatoms. The van der Waals surface area contributed by atoms with Crippen molar-refractivity contribution in [3.8, 4) is 0 Å². The van der Waals surface area contributed by atoms with Crippen molar-refractivity contribution in [3.05, 3.63) is 0 Å². The summed E-state index contributed by atoms with van der Waals surface area (Å²) in [4.78, 5) is 12.7. The van der Waals surface area contributed by atoms with Crippen molar-refractivity contribution in [1.82, 2.24) is 0 Å². The van der Waals surface area contributed by atoms with E-state index in [-0.39, 0.29) is 22.7 Å². The molecule has 0 heterocycles. The number of hydrogen-bond donors (Lipinski definition) is 2. The van der Waals surface area contributed by atoms with E-state index in [1.807, 2.05) is 0 Å². The maximum absolute atomic E-state index is 12.7. The second-order valence-corrected chi connectivity index (χ2v) is 10.4. The molecular formula is C21H36O4. The lowest BCUT2D eigenvalue weighted by Gasteiger charge is -2.67. The second-order valence-electron chi connectivity index (χ2n) is 10.4. The van der Waals surface area contributed by atoms with E-state index in [9.17, 15) is 15.0 Å². The minimum atomic E-state index is -1.44. The smallest absolute Gasteiger partial charge is 0.312 e. The predicted octanol–water partition coefficient (Wildman–Crippen LogP) is 3.54. The van der Waals surface area contributed by atoms with Gasteiger partial charge in [0.25, 0.3) is 0 Å². The van der Waals surface area contributed by atoms with E-state index in [0.29, 0.717) is 17.8 Å². The number of hydrogen-bond acceptors (Lipinski definition) is 4. The zero-order valence-electron chi connectivity index (χ0n) is 16.8. The molecule has 0 aliphatic heterocycles. The van der Waals surface area contributed by atoms with Gasteiger partial charge in [-0.3, -0.25) is 4.79 Å². The number of methoxy groups -OCH3 is 1. The highest BCUT2D eigenvalue weighted by molar-refractivity contribution is 5.75. The van der Waals surface area contributed by atoms with E-state index in [0.717, 1.165) is 19.3 Å². The number of carbonyl (C=O) groups excluding carboxylic acids is 1. The van der Waals surface area contributed by atoms with E-state index in [1.54, 1.807) is 6.92 Å². The first-order chi connectivity index (χ1) is 11.4. The first kappa shape index (κ1) is 19.2. The topological polar surface area (TPSA) is 66.8 Å². The number of fused-ring (bicyclic) bond motifs is 3. The zero-order valence-corrected chi connectivity index (χ0v) is 16.8. The van der Waals surface area contributed by atoms with Crippen LogP contribution in [0.3, 0.4) is 0 Å². The largest absolute Gasteiger partial charge is 0.469 e. The Kier molecular flexibility index (Phi) is 4.36. The van der Waals surface area contributed by atoms with Crippen molar-refractivity contribution in [2.75, 3.05) is 7.11 Å². The Labute approximate surface area is 152 Å². The Morgan fingerprint density at radius 2 is 1.64 bits per heavy atom. The number of carbonyl (C=O) groups is 1. The molecule has 0 aromatic carbocycles. The van der Waals surface area contributed by atoms with Crippen LogP contribution in [0.15, 0.2) is 0 Å². The summed E-state index contributed by atoms with van der Waals surface area (Å²) < 4.78 is 5.09. The third-order valence-electron chi connectivity index (χ3n) is 8.65. The summed E-state index contributed by atoms with van der Waals surface area (Å²) in [5, 5.41) is 21.8. The number of esters is 1. The van der Waals surface area contributed by atoms with Crippen LogP contribution >= 0.6 is 0 Å². The van der Waals surface area contributed by atoms with Gasteiger partial charge >= 0.3 is 5.97 Å². The number of aliphatic hydroxyl groups is 2. The molecule has 2 N–H and O–H groups in total. The molecule has 0 aromatic rings. The second kappa shape index (κ2) is 5.69. The fourth-order valence-electron chi connectivity index (χ4n) is 7.52. The lowest BCUT2D eigenvalue weighted by atomic mass is 9.38. The van der Waals surface area contributed by atoms with Gasteiger partial charge in [-0.1, -0.05) is 34.1 Å². The zero-order chi connectivity index (χ0) is 18.8. The lowest BCUT2D eigenvalue weighted by Crippen LogP contribution is -2.68. The Morgan fingerprint density at radius 3 is 2.24 bits per heavy atom. The quantitative estimate of drug-likeness (QED) is 0.708. The molecule has 144 valence electrons. The minimum Gasteiger partial charge on any atom is -0.469 e. The van der Waals surface area contributed by atoms with Gasteiger partial charge in [-0.2, -0.15) is 0 Å². The molecule has 0 bridgehead atoms. The van der Waals surface area contributed by atoms with Gasteiger partial charge in [-0.15, -0.1) is 0 Å². The van der Waals surface area contributed by atoms with Gasteiger partial charge in [0.15, 0.2) is 0 Å². The maximum Gasteiger partial charge on any atom is 0.312 e. The maximum atomic E-state index is 12.7. The van der Waals surface area contributed by atoms with Crippen LogP contribution in [0.1, 0.15) is 73.1 Å². The number of ether oxygens (including phenoxy) is 1. The highest BCUT2D eigenvalue weighted by Crippen LogP contribution is 2.69. The van der Waals surface area contributed by atoms with Crippen LogP contribution in [-0.4, -0.2) is 35.0 Å². The fraction of sp³-hybridized carbons (Fsp3) is 0.952. The lowest BCUT2D eigenvalue weighted by molar-refractivity contribution is -0.248. The van der Waals surface area contributed by atoms with Crippen molar-refractivity contribution in [2.24, 2.45) is 34.0 Å². The van der Waals surface area contributed by atoms with Crippen LogP contribution in [-0.2, 0) is 9.53 Å². The van der Waals surface area contributed by atoms with Crippen molar-refractivity contribution in [1.29, 1.82) is 0 Å². The van der Waals surface area contributed by atoms with Gasteiger partial charge < -0.3 is 14.9 Å². The molecule has 3 saturated carbocycles. The Morgan fingerprint density at radius 1 is 1.00 bits per heavy atom. The first-order valence-electron chi connectivity index (χ1n) is 9.89. The molecule has 3 aliphatic carbocycles. The average molecular weight is 353 g/mol. The van der Waals surface area contributed by atoms with E-state index in [1.165, 1.54) is 20.0 Å². The van der Waals surface area contributed by atoms with Gasteiger partial charge in [0.05, 0.1) is 19.1 Å². The molecule has 0 amide bonds. The molecule has 25 heavy (non-hydrogen) atoms. The van der Waals surface area contributed by atoms with Crippen molar-refractivity contribution < 1.29 is 19.7 Å². The van der Waals surface area contributed by atoms with Crippen molar-refractivity contribution in [2.45, 2.75) is 84.8 Å². The van der Waals surface area contributed by atoms with E-state index in [2.05, 4.69) is 27.7 Å². The molecule has 3 aliphatic rings. The van der Waals surface area contributed by atoms with Crippen LogP contribution in [0.5, 0.6) is 0 Å². The van der Waals surface area contributed by atoms with Gasteiger partial charge in [-0.25, -0.2) is 0 Å². The summed E-state index contributed by atoms with van der Waals surface area (Å²) in [5.41, 5.74) is -1.39. The van der Waals surface area contributed by atoms with E-state index < -0.39 is 17.6 Å². The van der Waals surface area contributed by atoms with Gasteiger partial charge in [0.1, 0.15) is 5.60 Å². The summed E-state index contributed by atoms with van der Waals surface area (Å²) in [6.07, 6.45) is 5.25. The van der Waals surface area contributed by atoms with Gasteiger partial charge in [0, 0.05) is 0 Å². The molecule has 0 radical (unpaired) electrons. The highest BCUT2D eigenvalue weighted by atomic mass is 16.5. The standard InChI is InChI=1S/C21H36O4/c1-18(2)9-7-10-19(3)13(18)8-11-20(4)14(19)12-15(22)21(5,24)16(20)17(23)25-6/h13-16,22,24H,7-12H2,1-6H3/t13-,14+,15-,16-,19-,20+,21-/m0/s1. The molecule has 4 nitrogen and oxygen atoms in total. The molecule has 0 unspecified atom stereocenters. The number of aliphatic hydroxyl groups excluding tert-OH is 1. The average Bonchev–Trinajstić information content (AvgIpc) is 2.48. The Bertz CT molecular complexity index is 554. The molecule has 0 spiro atoms. The fourth-order valence-corrected chi connectivity index (χ4v) is 7.52. The van der Waals surface area contributed by atoms with Gasteiger partial charge in [-0.05, 0) is 67.1 Å². The molecule has 7 atom stereocenters.